The summed E-state index contributed by atoms with van der Waals surface area (Å²) in [4.78, 5) is 12.8. The van der Waals surface area contributed by atoms with E-state index in [9.17, 15) is 4.79 Å². The Bertz CT molecular complexity index is 403. The predicted octanol–water partition coefficient (Wildman–Crippen LogP) is 2.12. The predicted molar refractivity (Wildman–Crippen MR) is 67.3 cm³/mol. The second kappa shape index (κ2) is 5.32. The van der Waals surface area contributed by atoms with Crippen molar-refractivity contribution in [1.29, 1.82) is 0 Å². The van der Waals surface area contributed by atoms with Gasteiger partial charge in [0, 0.05) is 19.0 Å². The number of fused-ring (bicyclic) bond motifs is 1. The standard InChI is InChI=1S/C14H19NO2/c1-2-15(8-7-14(16)17)10-12-9-11-5-3-4-6-13(11)12/h3-6,12H,2,7-10H2,1H3,(H,16,17). The molecule has 1 atom stereocenters. The first-order valence-corrected chi connectivity index (χ1v) is 6.22. The van der Waals surface area contributed by atoms with Crippen LogP contribution in [0, 0.1) is 0 Å². The number of carboxylic acids is 1. The lowest BCUT2D eigenvalue weighted by molar-refractivity contribution is -0.137. The number of hydrogen-bond acceptors (Lipinski definition) is 2. The van der Waals surface area contributed by atoms with Gasteiger partial charge in [0.25, 0.3) is 0 Å². The zero-order valence-corrected chi connectivity index (χ0v) is 10.2. The number of nitrogens with zero attached hydrogens (tertiary/aromatic N) is 1. The molecule has 17 heavy (non-hydrogen) atoms. The van der Waals surface area contributed by atoms with Crippen molar-refractivity contribution in [2.24, 2.45) is 0 Å². The van der Waals surface area contributed by atoms with Gasteiger partial charge in [0.1, 0.15) is 0 Å². The topological polar surface area (TPSA) is 40.5 Å². The number of likely N-dealkylation sites (N-methyl/N-ethyl adjacent to an activating group) is 1. The molecule has 92 valence electrons. The maximum absolute atomic E-state index is 10.6. The maximum Gasteiger partial charge on any atom is 0.304 e. The summed E-state index contributed by atoms with van der Waals surface area (Å²) in [5, 5.41) is 8.69. The molecule has 1 aliphatic carbocycles. The molecule has 0 fully saturated rings. The van der Waals surface area contributed by atoms with Gasteiger partial charge in [0.05, 0.1) is 6.42 Å². The van der Waals surface area contributed by atoms with E-state index in [1.165, 1.54) is 11.1 Å². The van der Waals surface area contributed by atoms with Gasteiger partial charge in [-0.25, -0.2) is 0 Å². The van der Waals surface area contributed by atoms with Gasteiger partial charge in [-0.3, -0.25) is 4.79 Å². The van der Waals surface area contributed by atoms with E-state index in [0.717, 1.165) is 19.5 Å². The third-order valence-electron chi connectivity index (χ3n) is 3.53. The van der Waals surface area contributed by atoms with Crippen LogP contribution in [0.25, 0.3) is 0 Å². The normalized spacial score (nSPS) is 17.6. The minimum atomic E-state index is -0.711. The lowest BCUT2D eigenvalue weighted by Crippen LogP contribution is -2.34. The average molecular weight is 233 g/mol. The molecule has 0 bridgehead atoms. The summed E-state index contributed by atoms with van der Waals surface area (Å²) in [6, 6.07) is 8.53. The van der Waals surface area contributed by atoms with Crippen molar-refractivity contribution in [2.75, 3.05) is 19.6 Å². The van der Waals surface area contributed by atoms with E-state index in [1.807, 2.05) is 0 Å². The Morgan fingerprint density at radius 3 is 2.88 bits per heavy atom. The van der Waals surface area contributed by atoms with E-state index in [0.29, 0.717) is 12.5 Å². The minimum absolute atomic E-state index is 0.238. The molecule has 0 amide bonds. The van der Waals surface area contributed by atoms with Gasteiger partial charge >= 0.3 is 5.97 Å². The van der Waals surface area contributed by atoms with Crippen LogP contribution in [0.5, 0.6) is 0 Å². The van der Waals surface area contributed by atoms with E-state index in [-0.39, 0.29) is 6.42 Å². The molecule has 1 aliphatic rings. The molecule has 1 N–H and O–H groups in total. The van der Waals surface area contributed by atoms with Crippen LogP contribution in [0.4, 0.5) is 0 Å². The summed E-state index contributed by atoms with van der Waals surface area (Å²) in [6.45, 7) is 4.66. The summed E-state index contributed by atoms with van der Waals surface area (Å²) >= 11 is 0. The Morgan fingerprint density at radius 2 is 2.24 bits per heavy atom. The summed E-state index contributed by atoms with van der Waals surface area (Å²) in [7, 11) is 0. The second-order valence-electron chi connectivity index (χ2n) is 4.64. The molecular formula is C14H19NO2. The first-order chi connectivity index (χ1) is 8.20. The first kappa shape index (κ1) is 12.1. The number of carboxylic acid groups (broad SMARTS) is 1. The van der Waals surface area contributed by atoms with Gasteiger partial charge in [-0.15, -0.1) is 0 Å². The van der Waals surface area contributed by atoms with Crippen molar-refractivity contribution < 1.29 is 9.90 Å². The lowest BCUT2D eigenvalue weighted by atomic mass is 9.77. The minimum Gasteiger partial charge on any atom is -0.481 e. The number of benzene rings is 1. The fourth-order valence-electron chi connectivity index (χ4n) is 2.47. The van der Waals surface area contributed by atoms with E-state index in [2.05, 4.69) is 36.1 Å². The highest BCUT2D eigenvalue weighted by Crippen LogP contribution is 2.35. The zero-order chi connectivity index (χ0) is 12.3. The van der Waals surface area contributed by atoms with Crippen molar-refractivity contribution >= 4 is 5.97 Å². The largest absolute Gasteiger partial charge is 0.481 e. The highest BCUT2D eigenvalue weighted by Gasteiger charge is 2.26. The molecule has 1 unspecified atom stereocenters. The molecule has 3 heteroatoms. The van der Waals surface area contributed by atoms with Crippen molar-refractivity contribution in [3.63, 3.8) is 0 Å². The summed E-state index contributed by atoms with van der Waals surface area (Å²) in [5.74, 6) is -0.114. The van der Waals surface area contributed by atoms with Crippen LogP contribution in [0.3, 0.4) is 0 Å². The SMILES string of the molecule is CCN(CCC(=O)O)CC1Cc2ccccc21. The fourth-order valence-corrected chi connectivity index (χ4v) is 2.47. The third kappa shape index (κ3) is 2.86. The summed E-state index contributed by atoms with van der Waals surface area (Å²) in [5.41, 5.74) is 2.90. The highest BCUT2D eigenvalue weighted by molar-refractivity contribution is 5.66. The maximum atomic E-state index is 10.6. The first-order valence-electron chi connectivity index (χ1n) is 6.22. The Balaban J connectivity index is 1.87. The van der Waals surface area contributed by atoms with Crippen LogP contribution in [-0.2, 0) is 11.2 Å². The van der Waals surface area contributed by atoms with Crippen LogP contribution in [-0.4, -0.2) is 35.6 Å². The Labute approximate surface area is 102 Å². The number of rotatable bonds is 6. The van der Waals surface area contributed by atoms with Crippen LogP contribution in [0.1, 0.15) is 30.4 Å². The molecule has 0 spiro atoms. The number of carbonyl (C=O) groups is 1. The molecule has 0 heterocycles. The molecule has 0 aliphatic heterocycles. The van der Waals surface area contributed by atoms with Gasteiger partial charge in [0.2, 0.25) is 0 Å². The Hall–Kier alpha value is -1.35. The molecule has 2 rings (SSSR count). The van der Waals surface area contributed by atoms with Crippen LogP contribution < -0.4 is 0 Å². The third-order valence-corrected chi connectivity index (χ3v) is 3.53. The molecule has 3 nitrogen and oxygen atoms in total. The van der Waals surface area contributed by atoms with Gasteiger partial charge < -0.3 is 10.0 Å². The van der Waals surface area contributed by atoms with Crippen molar-refractivity contribution in [3.05, 3.63) is 35.4 Å². The Kier molecular flexibility index (Phi) is 3.79. The van der Waals surface area contributed by atoms with Gasteiger partial charge in [-0.1, -0.05) is 31.2 Å². The molecule has 1 aromatic carbocycles. The number of aliphatic carboxylic acids is 1. The highest BCUT2D eigenvalue weighted by atomic mass is 16.4. The molecular weight excluding hydrogens is 214 g/mol. The average Bonchev–Trinajstić information content (AvgIpc) is 2.29. The van der Waals surface area contributed by atoms with Crippen molar-refractivity contribution in [2.45, 2.75) is 25.7 Å². The van der Waals surface area contributed by atoms with Crippen molar-refractivity contribution in [1.82, 2.24) is 4.90 Å². The number of hydrogen-bond donors (Lipinski definition) is 1. The van der Waals surface area contributed by atoms with E-state index < -0.39 is 5.97 Å². The van der Waals surface area contributed by atoms with Crippen LogP contribution in [0.2, 0.25) is 0 Å². The van der Waals surface area contributed by atoms with Gasteiger partial charge in [-0.2, -0.15) is 0 Å². The summed E-state index contributed by atoms with van der Waals surface area (Å²) in [6.07, 6.45) is 1.38. The van der Waals surface area contributed by atoms with Crippen LogP contribution in [0.15, 0.2) is 24.3 Å². The van der Waals surface area contributed by atoms with Crippen LogP contribution >= 0.6 is 0 Å². The fraction of sp³-hybridized carbons (Fsp3) is 0.500. The smallest absolute Gasteiger partial charge is 0.304 e. The molecule has 1 aromatic rings. The van der Waals surface area contributed by atoms with Gasteiger partial charge in [0.15, 0.2) is 0 Å². The van der Waals surface area contributed by atoms with Crippen molar-refractivity contribution in [3.8, 4) is 0 Å². The van der Waals surface area contributed by atoms with E-state index in [4.69, 9.17) is 5.11 Å². The summed E-state index contributed by atoms with van der Waals surface area (Å²) < 4.78 is 0. The lowest BCUT2D eigenvalue weighted by Gasteiger charge is -2.34. The molecule has 0 aromatic heterocycles. The molecule has 0 saturated heterocycles. The Morgan fingerprint density at radius 1 is 1.47 bits per heavy atom. The zero-order valence-electron chi connectivity index (χ0n) is 10.2. The monoisotopic (exact) mass is 233 g/mol. The van der Waals surface area contributed by atoms with E-state index in [1.54, 1.807) is 0 Å². The molecule has 0 saturated carbocycles. The second-order valence-corrected chi connectivity index (χ2v) is 4.64. The molecule has 0 radical (unpaired) electrons. The van der Waals surface area contributed by atoms with Gasteiger partial charge in [-0.05, 0) is 24.1 Å². The quantitative estimate of drug-likeness (QED) is 0.818. The van der Waals surface area contributed by atoms with E-state index >= 15 is 0 Å².